The number of rotatable bonds is 7. The van der Waals surface area contributed by atoms with Crippen molar-refractivity contribution in [3.8, 4) is 5.75 Å². The van der Waals surface area contributed by atoms with Gasteiger partial charge in [-0.2, -0.15) is 0 Å². The van der Waals surface area contributed by atoms with Crippen molar-refractivity contribution in [3.63, 3.8) is 0 Å². The summed E-state index contributed by atoms with van der Waals surface area (Å²) in [5.41, 5.74) is 3.25. The summed E-state index contributed by atoms with van der Waals surface area (Å²) in [6, 6.07) is 20.2. The van der Waals surface area contributed by atoms with Gasteiger partial charge in [-0.3, -0.25) is 14.8 Å². The van der Waals surface area contributed by atoms with Crippen LogP contribution in [-0.2, 0) is 11.4 Å². The molecule has 1 aromatic heterocycles. The van der Waals surface area contributed by atoms with Gasteiger partial charge in [-0.15, -0.1) is 11.3 Å². The highest BCUT2D eigenvalue weighted by molar-refractivity contribution is 7.14. The monoisotopic (exact) mass is 394 g/mol. The van der Waals surface area contributed by atoms with E-state index in [2.05, 4.69) is 5.32 Å². The van der Waals surface area contributed by atoms with Crippen LogP contribution in [0, 0.1) is 0 Å². The fourth-order valence-electron chi connectivity index (χ4n) is 2.37. The van der Waals surface area contributed by atoms with E-state index in [-0.39, 0.29) is 5.91 Å². The number of carbonyl (C=O) groups excluding carboxylic acids is 2. The van der Waals surface area contributed by atoms with Gasteiger partial charge in [0.25, 0.3) is 5.91 Å². The minimum Gasteiger partial charge on any atom is -0.489 e. The van der Waals surface area contributed by atoms with Crippen molar-refractivity contribution < 1.29 is 19.5 Å². The molecule has 0 aliphatic heterocycles. The van der Waals surface area contributed by atoms with Gasteiger partial charge in [0.15, 0.2) is 0 Å². The van der Waals surface area contributed by atoms with Crippen molar-refractivity contribution in [1.29, 1.82) is 0 Å². The number of carbonyl (C=O) groups is 2. The first-order valence-corrected chi connectivity index (χ1v) is 9.26. The fraction of sp³-hybridized carbons (Fsp3) is 0.0476. The smallest absolute Gasteiger partial charge is 0.284 e. The van der Waals surface area contributed by atoms with Crippen molar-refractivity contribution in [1.82, 2.24) is 5.48 Å². The average molecular weight is 394 g/mol. The number of hydroxylamine groups is 1. The third-order valence-corrected chi connectivity index (χ3v) is 4.75. The van der Waals surface area contributed by atoms with Crippen LogP contribution in [0.15, 0.2) is 72.8 Å². The zero-order chi connectivity index (χ0) is 19.8. The van der Waals surface area contributed by atoms with Gasteiger partial charge >= 0.3 is 0 Å². The van der Waals surface area contributed by atoms with Crippen LogP contribution in [0.3, 0.4) is 0 Å². The van der Waals surface area contributed by atoms with Gasteiger partial charge in [-0.25, -0.2) is 5.48 Å². The van der Waals surface area contributed by atoms with E-state index >= 15 is 0 Å². The number of thiophene rings is 1. The summed E-state index contributed by atoms with van der Waals surface area (Å²) in [5.74, 6) is -0.230. The summed E-state index contributed by atoms with van der Waals surface area (Å²) < 4.78 is 5.75. The molecule has 0 fully saturated rings. The van der Waals surface area contributed by atoms with Crippen molar-refractivity contribution >= 4 is 34.9 Å². The molecule has 0 bridgehead atoms. The van der Waals surface area contributed by atoms with Crippen LogP contribution in [0.4, 0.5) is 5.69 Å². The second-order valence-electron chi connectivity index (χ2n) is 5.77. The van der Waals surface area contributed by atoms with Crippen LogP contribution in [0.2, 0.25) is 0 Å². The van der Waals surface area contributed by atoms with E-state index in [1.54, 1.807) is 41.9 Å². The first-order chi connectivity index (χ1) is 13.6. The summed E-state index contributed by atoms with van der Waals surface area (Å²) >= 11 is 1.16. The highest BCUT2D eigenvalue weighted by atomic mass is 32.1. The summed E-state index contributed by atoms with van der Waals surface area (Å²) in [6.45, 7) is 0.445. The molecular weight excluding hydrogens is 376 g/mol. The molecule has 3 N–H and O–H groups in total. The minimum absolute atomic E-state index is 0.304. The maximum Gasteiger partial charge on any atom is 0.284 e. The number of hydrogen-bond donors (Lipinski definition) is 3. The molecule has 0 unspecified atom stereocenters. The summed E-state index contributed by atoms with van der Waals surface area (Å²) in [7, 11) is 0. The standard InChI is InChI=1S/C21H18N2O4S/c24-20(12-10-18-9-11-19(28-18)21(25)23-26)22-16-7-4-8-17(13-16)27-14-15-5-2-1-3-6-15/h1-13,26H,14H2,(H,22,24)(H,23,25). The fourth-order valence-corrected chi connectivity index (χ4v) is 3.17. The molecule has 1 heterocycles. The molecule has 0 radical (unpaired) electrons. The Hall–Kier alpha value is -3.42. The van der Waals surface area contributed by atoms with E-state index in [0.29, 0.717) is 27.8 Å². The molecule has 2 amide bonds. The molecule has 0 spiro atoms. The van der Waals surface area contributed by atoms with Crippen LogP contribution in [0.25, 0.3) is 6.08 Å². The molecule has 0 saturated heterocycles. The van der Waals surface area contributed by atoms with Crippen molar-refractivity contribution in [2.24, 2.45) is 0 Å². The quantitative estimate of drug-likeness (QED) is 0.320. The van der Waals surface area contributed by atoms with Gasteiger partial charge in [-0.05, 0) is 35.9 Å². The largest absolute Gasteiger partial charge is 0.489 e. The van der Waals surface area contributed by atoms with E-state index in [0.717, 1.165) is 16.9 Å². The van der Waals surface area contributed by atoms with Gasteiger partial charge in [-0.1, -0.05) is 36.4 Å². The summed E-state index contributed by atoms with van der Waals surface area (Å²) in [4.78, 5) is 24.5. The van der Waals surface area contributed by atoms with Crippen LogP contribution >= 0.6 is 11.3 Å². The van der Waals surface area contributed by atoms with Crippen LogP contribution in [0.5, 0.6) is 5.75 Å². The van der Waals surface area contributed by atoms with Gasteiger partial charge in [0.05, 0.1) is 4.88 Å². The molecule has 0 atom stereocenters. The Labute approximate surface area is 166 Å². The summed E-state index contributed by atoms with van der Waals surface area (Å²) in [6.07, 6.45) is 2.98. The number of amides is 2. The van der Waals surface area contributed by atoms with Crippen LogP contribution < -0.4 is 15.5 Å². The lowest BCUT2D eigenvalue weighted by molar-refractivity contribution is -0.111. The number of anilines is 1. The van der Waals surface area contributed by atoms with Crippen LogP contribution in [-0.4, -0.2) is 17.0 Å². The Morgan fingerprint density at radius 3 is 2.64 bits per heavy atom. The normalized spacial score (nSPS) is 10.6. The third-order valence-electron chi connectivity index (χ3n) is 3.70. The number of hydrogen-bond acceptors (Lipinski definition) is 5. The van der Waals surface area contributed by atoms with E-state index in [9.17, 15) is 9.59 Å². The topological polar surface area (TPSA) is 87.7 Å². The van der Waals surface area contributed by atoms with Gasteiger partial charge in [0.1, 0.15) is 12.4 Å². The maximum absolute atomic E-state index is 12.1. The SMILES string of the molecule is O=C(C=Cc1ccc(C(=O)NO)s1)Nc1cccc(OCc2ccccc2)c1. The summed E-state index contributed by atoms with van der Waals surface area (Å²) in [5, 5.41) is 11.4. The second kappa shape index (κ2) is 9.50. The number of ether oxygens (including phenoxy) is 1. The molecule has 3 aromatic rings. The molecule has 142 valence electrons. The predicted octanol–water partition coefficient (Wildman–Crippen LogP) is 4.10. The molecule has 6 nitrogen and oxygen atoms in total. The molecule has 28 heavy (non-hydrogen) atoms. The number of nitrogens with one attached hydrogen (secondary N) is 2. The average Bonchev–Trinajstić information content (AvgIpc) is 3.20. The third kappa shape index (κ3) is 5.54. The lowest BCUT2D eigenvalue weighted by Gasteiger charge is -2.08. The van der Waals surface area contributed by atoms with Crippen LogP contribution in [0.1, 0.15) is 20.1 Å². The van der Waals surface area contributed by atoms with E-state index in [1.165, 1.54) is 6.08 Å². The predicted molar refractivity (Wildman–Crippen MR) is 108 cm³/mol. The Balaban J connectivity index is 1.56. The van der Waals surface area contributed by atoms with Gasteiger partial charge in [0, 0.05) is 22.7 Å². The first-order valence-electron chi connectivity index (χ1n) is 8.44. The highest BCUT2D eigenvalue weighted by Crippen LogP contribution is 2.20. The Kier molecular flexibility index (Phi) is 6.56. The molecular formula is C21H18N2O4S. The number of benzene rings is 2. The lowest BCUT2D eigenvalue weighted by atomic mass is 10.2. The molecule has 3 rings (SSSR count). The zero-order valence-corrected chi connectivity index (χ0v) is 15.6. The molecule has 0 saturated carbocycles. The van der Waals surface area contributed by atoms with Gasteiger partial charge in [0.2, 0.25) is 5.91 Å². The van der Waals surface area contributed by atoms with Crippen molar-refractivity contribution in [3.05, 3.63) is 88.1 Å². The Morgan fingerprint density at radius 2 is 1.86 bits per heavy atom. The lowest BCUT2D eigenvalue weighted by Crippen LogP contribution is -2.16. The molecule has 2 aromatic carbocycles. The second-order valence-corrected chi connectivity index (χ2v) is 6.88. The molecule has 0 aliphatic rings. The van der Waals surface area contributed by atoms with Gasteiger partial charge < -0.3 is 10.1 Å². The maximum atomic E-state index is 12.1. The Bertz CT molecular complexity index is 983. The van der Waals surface area contributed by atoms with E-state index < -0.39 is 5.91 Å². The molecule has 0 aliphatic carbocycles. The highest BCUT2D eigenvalue weighted by Gasteiger charge is 2.07. The first kappa shape index (κ1) is 19.3. The van der Waals surface area contributed by atoms with E-state index in [4.69, 9.17) is 9.94 Å². The minimum atomic E-state index is -0.582. The molecule has 7 heteroatoms. The van der Waals surface area contributed by atoms with Crippen molar-refractivity contribution in [2.45, 2.75) is 6.61 Å². The Morgan fingerprint density at radius 1 is 1.04 bits per heavy atom. The van der Waals surface area contributed by atoms with E-state index in [1.807, 2.05) is 36.4 Å². The van der Waals surface area contributed by atoms with Crippen molar-refractivity contribution in [2.75, 3.05) is 5.32 Å². The zero-order valence-electron chi connectivity index (χ0n) is 14.8.